The van der Waals surface area contributed by atoms with Gasteiger partial charge in [-0.05, 0) is 35.9 Å². The molecule has 0 radical (unpaired) electrons. The molecule has 5 heteroatoms. The molecule has 134 valence electrons. The molecule has 0 aliphatic carbocycles. The van der Waals surface area contributed by atoms with E-state index < -0.39 is 11.7 Å². The number of pyridine rings is 1. The number of aromatic nitrogens is 2. The number of nitrogens with zero attached hydrogens (tertiary/aromatic N) is 2. The Hall–Kier alpha value is -3.34. The largest absolute Gasteiger partial charge is 0.416 e. The molecule has 0 N–H and O–H groups in total. The van der Waals surface area contributed by atoms with Crippen LogP contribution in [-0.4, -0.2) is 9.38 Å². The molecule has 0 amide bonds. The summed E-state index contributed by atoms with van der Waals surface area (Å²) in [5.41, 5.74) is 2.71. The minimum atomic E-state index is -4.33. The maximum absolute atomic E-state index is 12.7. The van der Waals surface area contributed by atoms with Crippen LogP contribution in [-0.2, 0) is 6.18 Å². The Bertz CT molecular complexity index is 1090. The number of hydrogen-bond acceptors (Lipinski definition) is 1. The van der Waals surface area contributed by atoms with E-state index in [9.17, 15) is 13.2 Å². The van der Waals surface area contributed by atoms with Crippen LogP contribution < -0.4 is 0 Å². The van der Waals surface area contributed by atoms with Crippen molar-refractivity contribution in [3.05, 3.63) is 95.8 Å². The highest BCUT2D eigenvalue weighted by Gasteiger charge is 2.29. The molecule has 4 rings (SSSR count). The Kier molecular flexibility index (Phi) is 4.28. The Morgan fingerprint density at radius 3 is 2.19 bits per heavy atom. The molecular weight excluding hydrogens is 349 g/mol. The van der Waals surface area contributed by atoms with Gasteiger partial charge < -0.3 is 0 Å². The first-order chi connectivity index (χ1) is 13.0. The van der Waals surface area contributed by atoms with Crippen LogP contribution >= 0.6 is 0 Å². The van der Waals surface area contributed by atoms with Crippen molar-refractivity contribution in [1.29, 1.82) is 0 Å². The summed E-state index contributed by atoms with van der Waals surface area (Å²) in [4.78, 5) is 4.73. The highest BCUT2D eigenvalue weighted by molar-refractivity contribution is 5.79. The summed E-state index contributed by atoms with van der Waals surface area (Å²) in [6.07, 6.45) is 1.21. The quantitative estimate of drug-likeness (QED) is 0.424. The fourth-order valence-corrected chi connectivity index (χ4v) is 2.93. The smallest absolute Gasteiger partial charge is 0.299 e. The van der Waals surface area contributed by atoms with Crippen molar-refractivity contribution in [1.82, 2.24) is 9.38 Å². The predicted molar refractivity (Wildman–Crippen MR) is 101 cm³/mol. The monoisotopic (exact) mass is 364 g/mol. The van der Waals surface area contributed by atoms with Crippen LogP contribution in [0.15, 0.2) is 79.0 Å². The van der Waals surface area contributed by atoms with Gasteiger partial charge in [-0.25, -0.2) is 4.98 Å². The van der Waals surface area contributed by atoms with Crippen LogP contribution in [0.1, 0.15) is 16.8 Å². The van der Waals surface area contributed by atoms with Gasteiger partial charge in [-0.15, -0.1) is 0 Å². The summed E-state index contributed by atoms with van der Waals surface area (Å²) in [5.74, 6) is 0.818. The van der Waals surface area contributed by atoms with Gasteiger partial charge in [-0.2, -0.15) is 13.2 Å². The van der Waals surface area contributed by atoms with Crippen LogP contribution in [0.3, 0.4) is 0 Å². The Morgan fingerprint density at radius 2 is 1.48 bits per heavy atom. The molecule has 0 bridgehead atoms. The standard InChI is InChI=1S/C22H15F3N2/c23-22(24,25)18-12-9-16(10-13-18)11-14-19-20-8-4-5-15-27(20)21(26-19)17-6-2-1-3-7-17/h1-15H/b14-11+. The van der Waals surface area contributed by atoms with Gasteiger partial charge in [0.25, 0.3) is 0 Å². The van der Waals surface area contributed by atoms with Crippen LogP contribution in [0.5, 0.6) is 0 Å². The third-order valence-corrected chi connectivity index (χ3v) is 4.28. The van der Waals surface area contributed by atoms with E-state index in [0.29, 0.717) is 5.56 Å². The minimum Gasteiger partial charge on any atom is -0.299 e. The molecule has 2 aromatic heterocycles. The molecule has 0 saturated carbocycles. The van der Waals surface area contributed by atoms with Gasteiger partial charge in [0.1, 0.15) is 5.82 Å². The molecule has 4 aromatic rings. The molecule has 27 heavy (non-hydrogen) atoms. The zero-order valence-electron chi connectivity index (χ0n) is 14.2. The van der Waals surface area contributed by atoms with E-state index in [-0.39, 0.29) is 0 Å². The molecule has 0 fully saturated rings. The van der Waals surface area contributed by atoms with Crippen molar-refractivity contribution in [2.24, 2.45) is 0 Å². The fourth-order valence-electron chi connectivity index (χ4n) is 2.93. The van der Waals surface area contributed by atoms with Crippen molar-refractivity contribution >= 4 is 17.7 Å². The van der Waals surface area contributed by atoms with E-state index in [1.165, 1.54) is 12.1 Å². The fraction of sp³-hybridized carbons (Fsp3) is 0.0455. The van der Waals surface area contributed by atoms with E-state index in [2.05, 4.69) is 0 Å². The predicted octanol–water partition coefficient (Wildman–Crippen LogP) is 6.19. The maximum Gasteiger partial charge on any atom is 0.416 e. The number of benzene rings is 2. The summed E-state index contributed by atoms with van der Waals surface area (Å²) in [7, 11) is 0. The van der Waals surface area contributed by atoms with Gasteiger partial charge in [-0.3, -0.25) is 4.40 Å². The van der Waals surface area contributed by atoms with E-state index in [1.807, 2.05) is 65.2 Å². The van der Waals surface area contributed by atoms with E-state index in [1.54, 1.807) is 6.08 Å². The lowest BCUT2D eigenvalue weighted by molar-refractivity contribution is -0.137. The molecule has 2 heterocycles. The lowest BCUT2D eigenvalue weighted by atomic mass is 10.1. The molecule has 0 aliphatic rings. The first-order valence-corrected chi connectivity index (χ1v) is 8.40. The number of halogens is 3. The highest BCUT2D eigenvalue weighted by atomic mass is 19.4. The van der Waals surface area contributed by atoms with Gasteiger partial charge in [-0.1, -0.05) is 54.6 Å². The van der Waals surface area contributed by atoms with Gasteiger partial charge in [0.15, 0.2) is 0 Å². The Labute approximate surface area is 154 Å². The van der Waals surface area contributed by atoms with Crippen molar-refractivity contribution in [2.75, 3.05) is 0 Å². The zero-order valence-corrected chi connectivity index (χ0v) is 14.2. The number of fused-ring (bicyclic) bond motifs is 1. The second kappa shape index (κ2) is 6.76. The van der Waals surface area contributed by atoms with Crippen molar-refractivity contribution in [3.8, 4) is 11.4 Å². The normalized spacial score (nSPS) is 12.1. The molecule has 0 atom stereocenters. The summed E-state index contributed by atoms with van der Waals surface area (Å²) >= 11 is 0. The average molecular weight is 364 g/mol. The molecule has 0 aliphatic heterocycles. The van der Waals surface area contributed by atoms with E-state index >= 15 is 0 Å². The summed E-state index contributed by atoms with van der Waals surface area (Å²) in [6, 6.07) is 20.7. The molecule has 0 unspecified atom stereocenters. The lowest BCUT2D eigenvalue weighted by Gasteiger charge is -2.05. The maximum atomic E-state index is 12.7. The SMILES string of the molecule is FC(F)(F)c1ccc(/C=C/c2nc(-c3ccccc3)n3ccccc23)cc1. The van der Waals surface area contributed by atoms with Crippen LogP contribution in [0.2, 0.25) is 0 Å². The van der Waals surface area contributed by atoms with Crippen LogP contribution in [0.25, 0.3) is 29.1 Å². The summed E-state index contributed by atoms with van der Waals surface area (Å²) in [5, 5.41) is 0. The third kappa shape index (κ3) is 3.49. The first-order valence-electron chi connectivity index (χ1n) is 8.40. The second-order valence-electron chi connectivity index (χ2n) is 6.10. The van der Waals surface area contributed by atoms with Gasteiger partial charge in [0.2, 0.25) is 0 Å². The van der Waals surface area contributed by atoms with E-state index in [0.717, 1.165) is 34.7 Å². The number of hydrogen-bond donors (Lipinski definition) is 0. The minimum absolute atomic E-state index is 0.654. The van der Waals surface area contributed by atoms with Crippen molar-refractivity contribution < 1.29 is 13.2 Å². The van der Waals surface area contributed by atoms with Crippen molar-refractivity contribution in [3.63, 3.8) is 0 Å². The second-order valence-corrected chi connectivity index (χ2v) is 6.10. The zero-order chi connectivity index (χ0) is 18.9. The van der Waals surface area contributed by atoms with Gasteiger partial charge >= 0.3 is 6.18 Å². The highest BCUT2D eigenvalue weighted by Crippen LogP contribution is 2.29. The molecule has 2 nitrogen and oxygen atoms in total. The van der Waals surface area contributed by atoms with Crippen molar-refractivity contribution in [2.45, 2.75) is 6.18 Å². The third-order valence-electron chi connectivity index (χ3n) is 4.28. The Morgan fingerprint density at radius 1 is 0.778 bits per heavy atom. The summed E-state index contributed by atoms with van der Waals surface area (Å²) < 4.78 is 40.0. The topological polar surface area (TPSA) is 17.3 Å². The molecular formula is C22H15F3N2. The number of rotatable bonds is 3. The van der Waals surface area contributed by atoms with Gasteiger partial charge in [0.05, 0.1) is 16.8 Å². The van der Waals surface area contributed by atoms with Crippen LogP contribution in [0.4, 0.5) is 13.2 Å². The average Bonchev–Trinajstić information content (AvgIpc) is 3.06. The van der Waals surface area contributed by atoms with Gasteiger partial charge in [0, 0.05) is 11.8 Å². The molecule has 0 spiro atoms. The lowest BCUT2D eigenvalue weighted by Crippen LogP contribution is -2.03. The Balaban J connectivity index is 1.71. The van der Waals surface area contributed by atoms with E-state index in [4.69, 9.17) is 4.98 Å². The molecule has 0 saturated heterocycles. The summed E-state index contributed by atoms with van der Waals surface area (Å²) in [6.45, 7) is 0. The number of alkyl halides is 3. The molecule has 2 aromatic carbocycles. The van der Waals surface area contributed by atoms with Crippen LogP contribution in [0, 0.1) is 0 Å². The number of imidazole rings is 1. The first kappa shape index (κ1) is 17.1.